The molecule has 1 aliphatic heterocycles. The lowest BCUT2D eigenvalue weighted by molar-refractivity contribution is -0.120. The van der Waals surface area contributed by atoms with Gasteiger partial charge in [-0.2, -0.15) is 0 Å². The van der Waals surface area contributed by atoms with Gasteiger partial charge in [-0.1, -0.05) is 47.6 Å². The van der Waals surface area contributed by atoms with E-state index in [-0.39, 0.29) is 22.0 Å². The highest BCUT2D eigenvalue weighted by atomic mass is 35.5. The second kappa shape index (κ2) is 8.98. The van der Waals surface area contributed by atoms with Crippen molar-refractivity contribution in [2.75, 3.05) is 17.3 Å². The van der Waals surface area contributed by atoms with Crippen LogP contribution in [0.4, 0.5) is 11.4 Å². The molecule has 162 valence electrons. The summed E-state index contributed by atoms with van der Waals surface area (Å²) in [6.45, 7) is 1.86. The second-order valence-electron chi connectivity index (χ2n) is 7.03. The molecule has 0 saturated carbocycles. The molecule has 0 radical (unpaired) electrons. The van der Waals surface area contributed by atoms with Gasteiger partial charge in [0.25, 0.3) is 11.8 Å². The monoisotopic (exact) mass is 466 g/mol. The van der Waals surface area contributed by atoms with Crippen molar-refractivity contribution in [3.05, 3.63) is 87.9 Å². The van der Waals surface area contributed by atoms with Gasteiger partial charge in [0.05, 0.1) is 18.5 Å². The van der Waals surface area contributed by atoms with Crippen LogP contribution < -0.4 is 15.0 Å². The number of phenols is 1. The number of hydrogen-bond acceptors (Lipinski definition) is 6. The van der Waals surface area contributed by atoms with Gasteiger partial charge < -0.3 is 15.2 Å². The van der Waals surface area contributed by atoms with Crippen LogP contribution in [0.1, 0.15) is 5.56 Å². The van der Waals surface area contributed by atoms with E-state index in [0.29, 0.717) is 16.5 Å². The molecule has 6 nitrogen and oxygen atoms in total. The number of nitrogens with one attached hydrogen (secondary N) is 1. The summed E-state index contributed by atoms with van der Waals surface area (Å²) in [6, 6.07) is 19.0. The Bertz CT molecular complexity index is 1240. The Hall–Kier alpha value is -3.42. The normalized spacial score (nSPS) is 13.7. The van der Waals surface area contributed by atoms with Crippen LogP contribution in [0.15, 0.2) is 82.2 Å². The third-order valence-electron chi connectivity index (χ3n) is 4.80. The number of thioether (sulfide) groups is 1. The van der Waals surface area contributed by atoms with Gasteiger partial charge in [0.15, 0.2) is 0 Å². The average Bonchev–Trinajstić information content (AvgIpc) is 3.00. The molecular weight excluding hydrogens is 448 g/mol. The molecule has 1 heterocycles. The van der Waals surface area contributed by atoms with E-state index in [2.05, 4.69) is 5.32 Å². The van der Waals surface area contributed by atoms with E-state index < -0.39 is 11.8 Å². The molecule has 0 spiro atoms. The van der Waals surface area contributed by atoms with Crippen LogP contribution in [0.2, 0.25) is 5.02 Å². The number of aryl methyl sites for hydroxylation is 1. The van der Waals surface area contributed by atoms with Gasteiger partial charge in [-0.15, -0.1) is 0 Å². The van der Waals surface area contributed by atoms with E-state index in [1.165, 1.54) is 31.0 Å². The number of hydrogen-bond donors (Lipinski definition) is 2. The number of imide groups is 1. The van der Waals surface area contributed by atoms with Crippen molar-refractivity contribution in [3.63, 3.8) is 0 Å². The molecule has 1 aliphatic rings. The maximum absolute atomic E-state index is 13.5. The Labute approximate surface area is 194 Å². The van der Waals surface area contributed by atoms with Crippen LogP contribution >= 0.6 is 23.4 Å². The maximum atomic E-state index is 13.5. The van der Waals surface area contributed by atoms with Crippen molar-refractivity contribution < 1.29 is 19.4 Å². The molecule has 32 heavy (non-hydrogen) atoms. The minimum Gasteiger partial charge on any atom is -0.506 e. The van der Waals surface area contributed by atoms with Crippen LogP contribution in [0, 0.1) is 6.92 Å². The van der Waals surface area contributed by atoms with Gasteiger partial charge in [0.2, 0.25) is 0 Å². The highest BCUT2D eigenvalue weighted by Gasteiger charge is 2.41. The Morgan fingerprint density at radius 1 is 1.00 bits per heavy atom. The SMILES string of the molecule is COc1ccc(Cl)cc1N1C(=O)C(Nc2cc(C)ccc2O)=C(Sc2ccccc2)C1=O. The summed E-state index contributed by atoms with van der Waals surface area (Å²) in [7, 11) is 1.45. The number of halogens is 1. The van der Waals surface area contributed by atoms with Crippen LogP contribution in [-0.2, 0) is 9.59 Å². The highest BCUT2D eigenvalue weighted by Crippen LogP contribution is 2.42. The van der Waals surface area contributed by atoms with E-state index in [1.54, 1.807) is 24.3 Å². The molecule has 0 fully saturated rings. The predicted octanol–water partition coefficient (Wildman–Crippen LogP) is 5.35. The third-order valence-corrected chi connectivity index (χ3v) is 6.12. The standard InChI is InChI=1S/C24H19ClN2O4S/c1-14-8-10-19(28)17(12-14)26-21-22(32-16-6-4-3-5-7-16)24(30)27(23(21)29)18-13-15(25)9-11-20(18)31-2/h3-13,26,28H,1-2H3. The smallest absolute Gasteiger partial charge is 0.283 e. The average molecular weight is 467 g/mol. The van der Waals surface area contributed by atoms with Gasteiger partial charge in [-0.25, -0.2) is 4.90 Å². The lowest BCUT2D eigenvalue weighted by Crippen LogP contribution is -2.32. The minimum absolute atomic E-state index is 0.0359. The predicted molar refractivity (Wildman–Crippen MR) is 126 cm³/mol. The molecule has 2 N–H and O–H groups in total. The molecule has 8 heteroatoms. The van der Waals surface area contributed by atoms with Gasteiger partial charge in [0.1, 0.15) is 22.1 Å². The summed E-state index contributed by atoms with van der Waals surface area (Å²) in [5.74, 6) is -0.792. The number of nitrogens with zero attached hydrogens (tertiary/aromatic N) is 1. The van der Waals surface area contributed by atoms with Crippen LogP contribution in [0.5, 0.6) is 11.5 Å². The summed E-state index contributed by atoms with van der Waals surface area (Å²) >= 11 is 7.31. The summed E-state index contributed by atoms with van der Waals surface area (Å²) in [4.78, 5) is 29.0. The number of rotatable bonds is 6. The Morgan fingerprint density at radius 3 is 2.47 bits per heavy atom. The van der Waals surface area contributed by atoms with Crippen LogP contribution in [0.3, 0.4) is 0 Å². The Balaban J connectivity index is 1.81. The van der Waals surface area contributed by atoms with E-state index in [1.807, 2.05) is 37.3 Å². The quantitative estimate of drug-likeness (QED) is 0.376. The van der Waals surface area contributed by atoms with E-state index in [9.17, 15) is 14.7 Å². The number of ether oxygens (including phenoxy) is 1. The number of methoxy groups -OCH3 is 1. The lowest BCUT2D eigenvalue weighted by Gasteiger charge is -2.18. The van der Waals surface area contributed by atoms with Crippen LogP contribution in [-0.4, -0.2) is 24.0 Å². The zero-order valence-corrected chi connectivity index (χ0v) is 18.8. The van der Waals surface area contributed by atoms with E-state index >= 15 is 0 Å². The first-order valence-electron chi connectivity index (χ1n) is 9.65. The number of phenolic OH excluding ortho intramolecular Hbond substituents is 1. The van der Waals surface area contributed by atoms with Crippen molar-refractivity contribution in [2.45, 2.75) is 11.8 Å². The van der Waals surface area contributed by atoms with Crippen molar-refractivity contribution in [2.24, 2.45) is 0 Å². The molecule has 0 bridgehead atoms. The van der Waals surface area contributed by atoms with Crippen molar-refractivity contribution >= 4 is 46.6 Å². The van der Waals surface area contributed by atoms with Gasteiger partial charge >= 0.3 is 0 Å². The number of carbonyl (C=O) groups excluding carboxylic acids is 2. The minimum atomic E-state index is -0.574. The number of benzene rings is 3. The fourth-order valence-electron chi connectivity index (χ4n) is 3.26. The van der Waals surface area contributed by atoms with Gasteiger partial charge in [-0.3, -0.25) is 9.59 Å². The molecule has 4 rings (SSSR count). The topological polar surface area (TPSA) is 78.9 Å². The van der Waals surface area contributed by atoms with Crippen LogP contribution in [0.25, 0.3) is 0 Å². The molecule has 3 aromatic carbocycles. The molecule has 0 aliphatic carbocycles. The van der Waals surface area contributed by atoms with Crippen molar-refractivity contribution in [3.8, 4) is 11.5 Å². The lowest BCUT2D eigenvalue weighted by atomic mass is 10.2. The summed E-state index contributed by atoms with van der Waals surface area (Å²) in [5, 5.41) is 13.6. The van der Waals surface area contributed by atoms with E-state index in [0.717, 1.165) is 15.4 Å². The summed E-state index contributed by atoms with van der Waals surface area (Å²) < 4.78 is 5.36. The molecule has 0 aromatic heterocycles. The molecule has 0 saturated heterocycles. The fourth-order valence-corrected chi connectivity index (χ4v) is 4.38. The first-order valence-corrected chi connectivity index (χ1v) is 10.8. The largest absolute Gasteiger partial charge is 0.506 e. The first-order chi connectivity index (χ1) is 15.4. The molecule has 0 unspecified atom stereocenters. The fraction of sp³-hybridized carbons (Fsp3) is 0.0833. The molecule has 2 amide bonds. The highest BCUT2D eigenvalue weighted by molar-refractivity contribution is 8.04. The summed E-state index contributed by atoms with van der Waals surface area (Å²) in [6.07, 6.45) is 0. The number of carbonyl (C=O) groups is 2. The van der Waals surface area contributed by atoms with Gasteiger partial charge in [-0.05, 0) is 55.0 Å². The van der Waals surface area contributed by atoms with E-state index in [4.69, 9.17) is 16.3 Å². The van der Waals surface area contributed by atoms with Gasteiger partial charge in [0, 0.05) is 9.92 Å². The molecule has 0 atom stereocenters. The van der Waals surface area contributed by atoms with Crippen molar-refractivity contribution in [1.29, 1.82) is 0 Å². The third kappa shape index (κ3) is 4.17. The van der Waals surface area contributed by atoms with Crippen molar-refractivity contribution in [1.82, 2.24) is 0 Å². The molecule has 3 aromatic rings. The number of amides is 2. The maximum Gasteiger partial charge on any atom is 0.283 e. The number of aromatic hydroxyl groups is 1. The molecular formula is C24H19ClN2O4S. The zero-order valence-electron chi connectivity index (χ0n) is 17.3. The zero-order chi connectivity index (χ0) is 22.8. The Kier molecular flexibility index (Phi) is 6.12. The Morgan fingerprint density at radius 2 is 1.75 bits per heavy atom. The number of anilines is 2. The summed E-state index contributed by atoms with van der Waals surface area (Å²) in [5.41, 5.74) is 1.51. The first kappa shape index (κ1) is 21.8. The second-order valence-corrected chi connectivity index (χ2v) is 8.55.